The van der Waals surface area contributed by atoms with Gasteiger partial charge in [0.05, 0.1) is 4.92 Å². The van der Waals surface area contributed by atoms with Gasteiger partial charge in [0.1, 0.15) is 12.2 Å². The van der Waals surface area contributed by atoms with Gasteiger partial charge in [0, 0.05) is 6.42 Å². The van der Waals surface area contributed by atoms with E-state index in [4.69, 9.17) is 11.6 Å². The summed E-state index contributed by atoms with van der Waals surface area (Å²) in [4.78, 5) is 39.8. The first-order valence-electron chi connectivity index (χ1n) is 5.24. The van der Waals surface area contributed by atoms with Crippen LogP contribution in [0.15, 0.2) is 6.20 Å². The van der Waals surface area contributed by atoms with Crippen LogP contribution in [0.2, 0.25) is 5.28 Å². The molecule has 0 spiro atoms. The number of aromatic nitrogens is 2. The smallest absolute Gasteiger partial charge is 0.329 e. The van der Waals surface area contributed by atoms with Crippen LogP contribution in [0, 0.1) is 10.1 Å². The molecule has 0 saturated carbocycles. The fourth-order valence-corrected chi connectivity index (χ4v) is 1.72. The number of nitrogens with zero attached hydrogens (tertiary/aromatic N) is 3. The lowest BCUT2D eigenvalue weighted by molar-refractivity contribution is -0.384. The minimum atomic E-state index is -0.776. The van der Waals surface area contributed by atoms with Gasteiger partial charge in [-0.2, -0.15) is 4.98 Å². The first kappa shape index (κ1) is 13.1. The number of amides is 2. The van der Waals surface area contributed by atoms with Crippen molar-refractivity contribution in [1.29, 1.82) is 0 Å². The van der Waals surface area contributed by atoms with Crippen LogP contribution in [0.5, 0.6) is 0 Å². The molecule has 100 valence electrons. The molecular formula is C9H8ClN5O4. The summed E-state index contributed by atoms with van der Waals surface area (Å²) in [5.74, 6) is -1.09. The van der Waals surface area contributed by atoms with Gasteiger partial charge in [0.15, 0.2) is 0 Å². The van der Waals surface area contributed by atoms with Gasteiger partial charge in [-0.3, -0.25) is 25.0 Å². The zero-order valence-corrected chi connectivity index (χ0v) is 10.2. The predicted octanol–water partition coefficient (Wildman–Crippen LogP) is 0.255. The van der Waals surface area contributed by atoms with E-state index in [0.717, 1.165) is 6.20 Å². The summed E-state index contributed by atoms with van der Waals surface area (Å²) in [5.41, 5.74) is -0.394. The highest BCUT2D eigenvalue weighted by Crippen LogP contribution is 2.23. The number of nitro groups is 1. The molecule has 1 unspecified atom stereocenters. The molecule has 1 saturated heterocycles. The second-order valence-corrected chi connectivity index (χ2v) is 4.12. The van der Waals surface area contributed by atoms with E-state index < -0.39 is 22.6 Å². The van der Waals surface area contributed by atoms with Crippen molar-refractivity contribution >= 4 is 34.9 Å². The number of rotatable bonds is 3. The van der Waals surface area contributed by atoms with Gasteiger partial charge in [-0.25, -0.2) is 4.98 Å². The Kier molecular flexibility index (Phi) is 3.56. The normalized spacial score (nSPS) is 18.9. The Bertz CT molecular complexity index is 564. The van der Waals surface area contributed by atoms with Gasteiger partial charge >= 0.3 is 5.69 Å². The summed E-state index contributed by atoms with van der Waals surface area (Å²) in [6.45, 7) is 0. The third-order valence-corrected chi connectivity index (χ3v) is 2.67. The Labute approximate surface area is 111 Å². The van der Waals surface area contributed by atoms with Crippen LogP contribution in [-0.2, 0) is 9.59 Å². The molecule has 0 bridgehead atoms. The van der Waals surface area contributed by atoms with Crippen molar-refractivity contribution in [2.45, 2.75) is 18.9 Å². The van der Waals surface area contributed by atoms with E-state index in [1.165, 1.54) is 0 Å². The maximum Gasteiger partial charge on any atom is 0.329 e. The van der Waals surface area contributed by atoms with Gasteiger partial charge in [0.25, 0.3) is 0 Å². The number of carbonyl (C=O) groups is 2. The Balaban J connectivity index is 2.23. The summed E-state index contributed by atoms with van der Waals surface area (Å²) in [7, 11) is 0. The van der Waals surface area contributed by atoms with Crippen LogP contribution in [0.3, 0.4) is 0 Å². The predicted molar refractivity (Wildman–Crippen MR) is 63.5 cm³/mol. The minimum absolute atomic E-state index is 0.149. The van der Waals surface area contributed by atoms with Crippen LogP contribution in [0.4, 0.5) is 11.5 Å². The van der Waals surface area contributed by atoms with E-state index in [0.29, 0.717) is 0 Å². The van der Waals surface area contributed by atoms with Crippen LogP contribution in [0.25, 0.3) is 0 Å². The highest BCUT2D eigenvalue weighted by Gasteiger charge is 2.29. The Morgan fingerprint density at radius 2 is 2.26 bits per heavy atom. The molecule has 2 amide bonds. The van der Waals surface area contributed by atoms with Gasteiger partial charge in [-0.15, -0.1) is 0 Å². The molecule has 2 heterocycles. The topological polar surface area (TPSA) is 127 Å². The van der Waals surface area contributed by atoms with E-state index in [9.17, 15) is 19.7 Å². The number of piperidine rings is 1. The molecule has 19 heavy (non-hydrogen) atoms. The standard InChI is InChI=1S/C9H8ClN5O4/c10-9-11-3-5(15(18)19)7(14-9)12-4-1-2-6(16)13-8(4)17/h3-4H,1-2H2,(H,11,12,14)(H,13,16,17). The van der Waals surface area contributed by atoms with Gasteiger partial charge < -0.3 is 5.32 Å². The lowest BCUT2D eigenvalue weighted by Crippen LogP contribution is -2.47. The largest absolute Gasteiger partial charge is 0.352 e. The maximum atomic E-state index is 11.5. The Morgan fingerprint density at radius 1 is 1.53 bits per heavy atom. The molecule has 1 atom stereocenters. The Hall–Kier alpha value is -2.29. The highest BCUT2D eigenvalue weighted by molar-refractivity contribution is 6.28. The number of hydrogen-bond donors (Lipinski definition) is 2. The van der Waals surface area contributed by atoms with Crippen LogP contribution in [0.1, 0.15) is 12.8 Å². The summed E-state index contributed by atoms with van der Waals surface area (Å²) < 4.78 is 0. The summed E-state index contributed by atoms with van der Waals surface area (Å²) in [5, 5.41) is 15.3. The monoisotopic (exact) mass is 285 g/mol. The van der Waals surface area contributed by atoms with Crippen molar-refractivity contribution in [3.05, 3.63) is 21.6 Å². The van der Waals surface area contributed by atoms with Crippen molar-refractivity contribution in [2.75, 3.05) is 5.32 Å². The number of hydrogen-bond acceptors (Lipinski definition) is 7. The zero-order chi connectivity index (χ0) is 14.0. The molecule has 1 aromatic rings. The Morgan fingerprint density at radius 3 is 2.89 bits per heavy atom. The number of imide groups is 1. The average Bonchev–Trinajstić information content (AvgIpc) is 2.32. The molecule has 0 aromatic carbocycles. The lowest BCUT2D eigenvalue weighted by atomic mass is 10.1. The SMILES string of the molecule is O=C1CCC(Nc2nc(Cl)ncc2[N+](=O)[O-])C(=O)N1. The van der Waals surface area contributed by atoms with E-state index in [1.54, 1.807) is 0 Å². The third kappa shape index (κ3) is 2.94. The van der Waals surface area contributed by atoms with Crippen molar-refractivity contribution in [3.8, 4) is 0 Å². The molecule has 1 aliphatic heterocycles. The fraction of sp³-hybridized carbons (Fsp3) is 0.333. The van der Waals surface area contributed by atoms with Crippen molar-refractivity contribution in [3.63, 3.8) is 0 Å². The lowest BCUT2D eigenvalue weighted by Gasteiger charge is -2.21. The molecule has 1 aliphatic rings. The second-order valence-electron chi connectivity index (χ2n) is 3.78. The van der Waals surface area contributed by atoms with Gasteiger partial charge in [-0.05, 0) is 18.0 Å². The third-order valence-electron chi connectivity index (χ3n) is 2.49. The average molecular weight is 286 g/mol. The molecule has 1 aromatic heterocycles. The highest BCUT2D eigenvalue weighted by atomic mass is 35.5. The van der Waals surface area contributed by atoms with Crippen molar-refractivity contribution in [2.24, 2.45) is 0 Å². The molecular weight excluding hydrogens is 278 g/mol. The molecule has 2 N–H and O–H groups in total. The van der Waals surface area contributed by atoms with Crippen LogP contribution >= 0.6 is 11.6 Å². The first-order chi connectivity index (χ1) is 8.97. The van der Waals surface area contributed by atoms with E-state index in [1.807, 2.05) is 0 Å². The molecule has 2 rings (SSSR count). The summed E-state index contributed by atoms with van der Waals surface area (Å²) in [6, 6.07) is -0.776. The summed E-state index contributed by atoms with van der Waals surface area (Å²) in [6.07, 6.45) is 1.32. The minimum Gasteiger partial charge on any atom is -0.352 e. The number of carbonyl (C=O) groups excluding carboxylic acids is 2. The van der Waals surface area contributed by atoms with E-state index in [2.05, 4.69) is 20.6 Å². The number of halogens is 1. The molecule has 0 radical (unpaired) electrons. The number of anilines is 1. The van der Waals surface area contributed by atoms with E-state index >= 15 is 0 Å². The number of nitrogens with one attached hydrogen (secondary N) is 2. The van der Waals surface area contributed by atoms with Crippen LogP contribution in [-0.4, -0.2) is 32.7 Å². The summed E-state index contributed by atoms with van der Waals surface area (Å²) >= 11 is 5.56. The zero-order valence-electron chi connectivity index (χ0n) is 9.42. The molecule has 9 nitrogen and oxygen atoms in total. The maximum absolute atomic E-state index is 11.5. The fourth-order valence-electron chi connectivity index (χ4n) is 1.59. The first-order valence-corrected chi connectivity index (χ1v) is 5.62. The molecule has 10 heteroatoms. The van der Waals surface area contributed by atoms with Gasteiger partial charge in [-0.1, -0.05) is 0 Å². The van der Waals surface area contributed by atoms with E-state index in [-0.39, 0.29) is 29.9 Å². The van der Waals surface area contributed by atoms with Gasteiger partial charge in [0.2, 0.25) is 22.9 Å². The molecule has 1 fully saturated rings. The van der Waals surface area contributed by atoms with Crippen molar-refractivity contribution in [1.82, 2.24) is 15.3 Å². The second kappa shape index (κ2) is 5.14. The van der Waals surface area contributed by atoms with Crippen LogP contribution < -0.4 is 10.6 Å². The molecule has 0 aliphatic carbocycles. The quantitative estimate of drug-likeness (QED) is 0.353. The van der Waals surface area contributed by atoms with Crippen molar-refractivity contribution < 1.29 is 14.5 Å².